The lowest BCUT2D eigenvalue weighted by atomic mass is 9.75. The monoisotopic (exact) mass is 543 g/mol. The van der Waals surface area contributed by atoms with Crippen LogP contribution >= 0.6 is 11.6 Å². The molecule has 0 saturated carbocycles. The Morgan fingerprint density at radius 1 is 0.895 bits per heavy atom. The van der Waals surface area contributed by atoms with Crippen molar-refractivity contribution < 1.29 is 42.2 Å². The Bertz CT molecular complexity index is 1430. The number of anilines is 1. The zero-order valence-corrected chi connectivity index (χ0v) is 19.9. The number of carboxylic acid groups (broad SMARTS) is 1. The van der Waals surface area contributed by atoms with Crippen LogP contribution in [0.15, 0.2) is 72.8 Å². The number of amides is 1. The molecule has 1 spiro atoms. The minimum atomic E-state index is -4.60. The normalized spacial score (nSPS) is 21.9. The maximum Gasteiger partial charge on any atom is 0.416 e. The summed E-state index contributed by atoms with van der Waals surface area (Å²) in [7, 11) is 0. The van der Waals surface area contributed by atoms with Crippen molar-refractivity contribution in [3.8, 4) is 0 Å². The topological polar surface area (TPSA) is 110 Å². The number of hydrogen-bond donors (Lipinski definition) is 2. The summed E-state index contributed by atoms with van der Waals surface area (Å²) in [4.78, 5) is 53.3. The number of Topliss-reactive ketones (excluding diaryl/α,β-unsaturated/α-hetero) is 2. The number of nitrogens with one attached hydrogen (secondary N) is 1. The predicted molar refractivity (Wildman–Crippen MR) is 128 cm³/mol. The lowest BCUT2D eigenvalue weighted by molar-refractivity contribution is -0.147. The van der Waals surface area contributed by atoms with Crippen LogP contribution in [-0.4, -0.2) is 34.2 Å². The molecule has 7 nitrogen and oxygen atoms in total. The van der Waals surface area contributed by atoms with Crippen molar-refractivity contribution in [2.45, 2.75) is 17.9 Å². The van der Waals surface area contributed by atoms with Gasteiger partial charge in [0, 0.05) is 21.8 Å². The second-order valence-corrected chi connectivity index (χ2v) is 9.37. The number of ether oxygens (including phenoxy) is 1. The Morgan fingerprint density at radius 3 is 1.95 bits per heavy atom. The molecular formula is C27H17ClF3NO6. The van der Waals surface area contributed by atoms with Gasteiger partial charge in [0.2, 0.25) is 23.1 Å². The van der Waals surface area contributed by atoms with Crippen LogP contribution in [0.3, 0.4) is 0 Å². The number of halogens is 4. The first-order chi connectivity index (χ1) is 17.9. The second-order valence-electron chi connectivity index (χ2n) is 8.94. The number of hydrogen-bond acceptors (Lipinski definition) is 5. The fourth-order valence-electron chi connectivity index (χ4n) is 5.06. The summed E-state index contributed by atoms with van der Waals surface area (Å²) in [6.07, 6.45) is -5.97. The number of carbonyl (C=O) groups excluding carboxylic acids is 3. The molecule has 194 valence electrons. The quantitative estimate of drug-likeness (QED) is 0.438. The minimum absolute atomic E-state index is 0.0256. The molecule has 11 heteroatoms. The maximum absolute atomic E-state index is 13.6. The zero-order valence-electron chi connectivity index (χ0n) is 19.2. The third-order valence-electron chi connectivity index (χ3n) is 6.77. The highest BCUT2D eigenvalue weighted by molar-refractivity contribution is 6.34. The number of alkyl halides is 3. The van der Waals surface area contributed by atoms with Crippen molar-refractivity contribution in [3.63, 3.8) is 0 Å². The Kier molecular flexibility index (Phi) is 6.12. The molecule has 0 bridgehead atoms. The first-order valence-electron chi connectivity index (χ1n) is 11.3. The van der Waals surface area contributed by atoms with Gasteiger partial charge in [-0.05, 0) is 42.0 Å². The third-order valence-corrected chi connectivity index (χ3v) is 7.03. The fourth-order valence-corrected chi connectivity index (χ4v) is 5.18. The van der Waals surface area contributed by atoms with Gasteiger partial charge in [-0.1, -0.05) is 48.0 Å². The van der Waals surface area contributed by atoms with Gasteiger partial charge in [-0.2, -0.15) is 13.2 Å². The van der Waals surface area contributed by atoms with E-state index in [0.29, 0.717) is 5.02 Å². The largest absolute Gasteiger partial charge is 0.481 e. The van der Waals surface area contributed by atoms with Crippen molar-refractivity contribution in [1.82, 2.24) is 0 Å². The van der Waals surface area contributed by atoms with Crippen LogP contribution in [0.5, 0.6) is 0 Å². The highest BCUT2D eigenvalue weighted by atomic mass is 35.5. The summed E-state index contributed by atoms with van der Waals surface area (Å²) in [5.74, 6) is -7.89. The summed E-state index contributed by atoms with van der Waals surface area (Å²) in [5.41, 5.74) is -3.27. The first-order valence-corrected chi connectivity index (χ1v) is 11.7. The van der Waals surface area contributed by atoms with Gasteiger partial charge >= 0.3 is 12.1 Å². The average Bonchev–Trinajstić information content (AvgIpc) is 3.34. The number of rotatable bonds is 4. The molecule has 1 aliphatic carbocycles. The molecule has 1 fully saturated rings. The minimum Gasteiger partial charge on any atom is -0.481 e. The van der Waals surface area contributed by atoms with Gasteiger partial charge in [0.25, 0.3) is 0 Å². The predicted octanol–water partition coefficient (Wildman–Crippen LogP) is 5.20. The van der Waals surface area contributed by atoms with Crippen LogP contribution in [0.2, 0.25) is 5.02 Å². The number of carboxylic acids is 1. The van der Waals surface area contributed by atoms with Crippen LogP contribution in [0.1, 0.15) is 37.9 Å². The standard InChI is InChI=1S/C27H17ClF3NO6/c28-15-9-5-13(6-10-15)21-19(24(35)32-16-11-7-14(8-12-16)27(29,30)31)20(25(36)37)26(38-21)22(33)17-3-1-2-4-18(17)23(26)34/h1-12,19-21H,(H,32,35)(H,36,37). The Hall–Kier alpha value is -4.02. The van der Waals surface area contributed by atoms with Crippen molar-refractivity contribution >= 4 is 40.7 Å². The molecule has 3 aromatic carbocycles. The van der Waals surface area contributed by atoms with Crippen molar-refractivity contribution in [3.05, 3.63) is 100 Å². The van der Waals surface area contributed by atoms with E-state index in [2.05, 4.69) is 5.32 Å². The molecular weight excluding hydrogens is 527 g/mol. The van der Waals surface area contributed by atoms with E-state index in [9.17, 15) is 37.5 Å². The van der Waals surface area contributed by atoms with E-state index >= 15 is 0 Å². The molecule has 3 aromatic rings. The first kappa shape index (κ1) is 25.6. The van der Waals surface area contributed by atoms with E-state index in [0.717, 1.165) is 24.3 Å². The Labute approximate surface area is 218 Å². The van der Waals surface area contributed by atoms with Crippen LogP contribution in [-0.2, 0) is 20.5 Å². The number of carbonyl (C=O) groups is 4. The smallest absolute Gasteiger partial charge is 0.416 e. The van der Waals surface area contributed by atoms with Gasteiger partial charge in [0.1, 0.15) is 5.92 Å². The van der Waals surface area contributed by atoms with E-state index in [-0.39, 0.29) is 22.4 Å². The highest BCUT2D eigenvalue weighted by Gasteiger charge is 2.71. The summed E-state index contributed by atoms with van der Waals surface area (Å²) in [6, 6.07) is 15.2. The molecule has 1 amide bonds. The summed E-state index contributed by atoms with van der Waals surface area (Å²) in [6.45, 7) is 0. The average molecular weight is 544 g/mol. The van der Waals surface area contributed by atoms with Crippen molar-refractivity contribution in [2.24, 2.45) is 11.8 Å². The van der Waals surface area contributed by atoms with Gasteiger partial charge in [-0.3, -0.25) is 19.2 Å². The summed E-state index contributed by atoms with van der Waals surface area (Å²) >= 11 is 5.97. The number of benzene rings is 3. The Balaban J connectivity index is 1.59. The van der Waals surface area contributed by atoms with E-state index in [4.69, 9.17) is 16.3 Å². The second kappa shape index (κ2) is 9.07. The van der Waals surface area contributed by atoms with E-state index in [1.165, 1.54) is 48.5 Å². The lowest BCUT2D eigenvalue weighted by Gasteiger charge is -2.25. The van der Waals surface area contributed by atoms with Crippen molar-refractivity contribution in [1.29, 1.82) is 0 Å². The molecule has 0 radical (unpaired) electrons. The van der Waals surface area contributed by atoms with Crippen LogP contribution < -0.4 is 5.32 Å². The highest BCUT2D eigenvalue weighted by Crippen LogP contribution is 2.54. The van der Waals surface area contributed by atoms with E-state index in [1.54, 1.807) is 0 Å². The SMILES string of the molecule is O=C(Nc1ccc(C(F)(F)F)cc1)C1C(c2ccc(Cl)cc2)OC2(C(=O)c3ccccc3C2=O)C1C(=O)O. The Morgan fingerprint density at radius 2 is 1.45 bits per heavy atom. The molecule has 1 aliphatic heterocycles. The summed E-state index contributed by atoms with van der Waals surface area (Å²) in [5, 5.41) is 13.0. The maximum atomic E-state index is 13.6. The zero-order chi connectivity index (χ0) is 27.4. The van der Waals surface area contributed by atoms with Gasteiger partial charge in [0.05, 0.1) is 17.6 Å². The van der Waals surface area contributed by atoms with Crippen LogP contribution in [0.4, 0.5) is 18.9 Å². The van der Waals surface area contributed by atoms with E-state index in [1.807, 2.05) is 0 Å². The van der Waals surface area contributed by atoms with E-state index < -0.39 is 58.7 Å². The van der Waals surface area contributed by atoms with Gasteiger partial charge in [-0.15, -0.1) is 0 Å². The summed E-state index contributed by atoms with van der Waals surface area (Å²) < 4.78 is 44.9. The molecule has 5 rings (SSSR count). The van der Waals surface area contributed by atoms with Crippen LogP contribution in [0.25, 0.3) is 0 Å². The van der Waals surface area contributed by atoms with Crippen molar-refractivity contribution in [2.75, 3.05) is 5.32 Å². The van der Waals surface area contributed by atoms with Gasteiger partial charge in [-0.25, -0.2) is 0 Å². The number of ketones is 2. The van der Waals surface area contributed by atoms with Crippen LogP contribution in [0, 0.1) is 11.8 Å². The molecule has 0 aromatic heterocycles. The molecule has 3 atom stereocenters. The molecule has 2 N–H and O–H groups in total. The van der Waals surface area contributed by atoms with Gasteiger partial charge < -0.3 is 15.2 Å². The molecule has 38 heavy (non-hydrogen) atoms. The fraction of sp³-hybridized carbons (Fsp3) is 0.185. The molecule has 1 heterocycles. The third kappa shape index (κ3) is 3.97. The number of fused-ring (bicyclic) bond motifs is 1. The van der Waals surface area contributed by atoms with Gasteiger partial charge in [0.15, 0.2) is 0 Å². The molecule has 1 saturated heterocycles. The molecule has 2 aliphatic rings. The number of aliphatic carboxylic acids is 1. The molecule has 3 unspecified atom stereocenters. The lowest BCUT2D eigenvalue weighted by Crippen LogP contribution is -2.52.